The van der Waals surface area contributed by atoms with Gasteiger partial charge in [0.1, 0.15) is 4.90 Å². The molecule has 0 aliphatic rings. The molecule has 1 aromatic carbocycles. The minimum Gasteiger partial charge on any atom is -0.307 e. The van der Waals surface area contributed by atoms with Gasteiger partial charge in [-0.25, -0.2) is 24.0 Å². The highest BCUT2D eigenvalue weighted by Crippen LogP contribution is 2.22. The number of sulfonamides is 1. The molecule has 9 heteroatoms. The molecule has 112 valence electrons. The van der Waals surface area contributed by atoms with Crippen LogP contribution in [0, 0.1) is 0 Å². The van der Waals surface area contributed by atoms with Crippen LogP contribution in [0.25, 0.3) is 0 Å². The number of hydrazine groups is 1. The lowest BCUT2D eigenvalue weighted by Crippen LogP contribution is -2.25. The highest BCUT2D eigenvalue weighted by atomic mass is 79.9. The summed E-state index contributed by atoms with van der Waals surface area (Å²) in [6.07, 6.45) is 1.45. The van der Waals surface area contributed by atoms with Crippen molar-refractivity contribution in [2.45, 2.75) is 11.4 Å². The zero-order chi connectivity index (χ0) is 15.5. The molecule has 0 atom stereocenters. The number of aromatic nitrogens is 1. The molecule has 6 nitrogen and oxygen atoms in total. The monoisotopic (exact) mass is 390 g/mol. The molecular formula is C12H12BrClN4O2S. The second kappa shape index (κ2) is 6.71. The second-order valence-electron chi connectivity index (χ2n) is 4.10. The van der Waals surface area contributed by atoms with Crippen molar-refractivity contribution in [2.24, 2.45) is 5.84 Å². The van der Waals surface area contributed by atoms with Crippen molar-refractivity contribution in [3.63, 3.8) is 0 Å². The molecule has 21 heavy (non-hydrogen) atoms. The van der Waals surface area contributed by atoms with Gasteiger partial charge in [0.15, 0.2) is 5.82 Å². The van der Waals surface area contributed by atoms with Gasteiger partial charge in [-0.3, -0.25) is 0 Å². The van der Waals surface area contributed by atoms with E-state index in [1.165, 1.54) is 12.3 Å². The minimum absolute atomic E-state index is 0.0404. The van der Waals surface area contributed by atoms with Crippen molar-refractivity contribution in [3.05, 3.63) is 51.6 Å². The molecule has 0 amide bonds. The molecule has 0 aliphatic carbocycles. The Hall–Kier alpha value is -1.19. The summed E-state index contributed by atoms with van der Waals surface area (Å²) in [6, 6.07) is 8.34. The summed E-state index contributed by atoms with van der Waals surface area (Å²) in [7, 11) is -3.76. The van der Waals surface area contributed by atoms with Gasteiger partial charge in [0, 0.05) is 22.2 Å². The predicted molar refractivity (Wildman–Crippen MR) is 85.2 cm³/mol. The maximum Gasteiger partial charge on any atom is 0.244 e. The van der Waals surface area contributed by atoms with Gasteiger partial charge in [0.25, 0.3) is 0 Å². The molecule has 2 aromatic rings. The topological polar surface area (TPSA) is 97.1 Å². The molecule has 0 bridgehead atoms. The van der Waals surface area contributed by atoms with E-state index < -0.39 is 10.0 Å². The lowest BCUT2D eigenvalue weighted by Gasteiger charge is -2.11. The summed E-state index contributed by atoms with van der Waals surface area (Å²) in [6.45, 7) is 0.111. The average Bonchev–Trinajstić information content (AvgIpc) is 2.45. The highest BCUT2D eigenvalue weighted by Gasteiger charge is 2.19. The van der Waals surface area contributed by atoms with Gasteiger partial charge < -0.3 is 5.43 Å². The summed E-state index contributed by atoms with van der Waals surface area (Å²) < 4.78 is 27.7. The van der Waals surface area contributed by atoms with E-state index in [-0.39, 0.29) is 17.3 Å². The van der Waals surface area contributed by atoms with Crippen LogP contribution in [0.5, 0.6) is 0 Å². The first kappa shape index (κ1) is 16.2. The number of anilines is 1. The van der Waals surface area contributed by atoms with E-state index in [1.54, 1.807) is 24.3 Å². The Morgan fingerprint density at radius 2 is 2.10 bits per heavy atom. The number of benzene rings is 1. The first-order valence-electron chi connectivity index (χ1n) is 5.78. The van der Waals surface area contributed by atoms with Crippen LogP contribution in [0.3, 0.4) is 0 Å². The van der Waals surface area contributed by atoms with E-state index in [9.17, 15) is 8.42 Å². The third-order valence-electron chi connectivity index (χ3n) is 2.60. The normalized spacial score (nSPS) is 11.4. The number of nitrogens with two attached hydrogens (primary N) is 1. The number of hydrogen-bond acceptors (Lipinski definition) is 5. The van der Waals surface area contributed by atoms with Crippen molar-refractivity contribution in [1.29, 1.82) is 0 Å². The van der Waals surface area contributed by atoms with Crippen molar-refractivity contribution < 1.29 is 8.42 Å². The molecule has 0 saturated heterocycles. The van der Waals surface area contributed by atoms with Crippen LogP contribution in [0.4, 0.5) is 5.82 Å². The Morgan fingerprint density at radius 1 is 1.33 bits per heavy atom. The zero-order valence-electron chi connectivity index (χ0n) is 10.7. The van der Waals surface area contributed by atoms with E-state index in [2.05, 4.69) is 31.1 Å². The Kier molecular flexibility index (Phi) is 5.17. The Balaban J connectivity index is 2.24. The van der Waals surface area contributed by atoms with Gasteiger partial charge in [-0.2, -0.15) is 0 Å². The Morgan fingerprint density at radius 3 is 2.76 bits per heavy atom. The van der Waals surface area contributed by atoms with E-state index in [0.29, 0.717) is 9.50 Å². The molecule has 0 fully saturated rings. The lowest BCUT2D eigenvalue weighted by molar-refractivity contribution is 0.581. The fraction of sp³-hybridized carbons (Fsp3) is 0.0833. The SMILES string of the molecule is NNc1ncc(Br)cc1S(=O)(=O)NCc1cccc(Cl)c1. The molecule has 1 heterocycles. The molecular weight excluding hydrogens is 380 g/mol. The molecule has 4 N–H and O–H groups in total. The standard InChI is InChI=1S/C12H12BrClN4O2S/c13-9-5-11(12(18-15)16-7-9)21(19,20)17-6-8-2-1-3-10(14)4-8/h1-5,7,17H,6,15H2,(H,16,18). The average molecular weight is 392 g/mol. The maximum absolute atomic E-state index is 12.3. The van der Waals surface area contributed by atoms with Gasteiger partial charge >= 0.3 is 0 Å². The number of nitrogen functional groups attached to an aromatic ring is 1. The largest absolute Gasteiger partial charge is 0.307 e. The van der Waals surface area contributed by atoms with Gasteiger partial charge in [-0.05, 0) is 39.7 Å². The van der Waals surface area contributed by atoms with Crippen LogP contribution in [0.2, 0.25) is 5.02 Å². The van der Waals surface area contributed by atoms with Gasteiger partial charge in [0.05, 0.1) is 0 Å². The summed E-state index contributed by atoms with van der Waals surface area (Å²) in [5, 5.41) is 0.542. The first-order chi connectivity index (χ1) is 9.92. The third kappa shape index (κ3) is 4.14. The Bertz CT molecular complexity index is 755. The molecule has 0 saturated carbocycles. The van der Waals surface area contributed by atoms with Gasteiger partial charge in [0.2, 0.25) is 10.0 Å². The van der Waals surface area contributed by atoms with Crippen LogP contribution in [0.1, 0.15) is 5.56 Å². The van der Waals surface area contributed by atoms with Crippen molar-refractivity contribution in [1.82, 2.24) is 9.71 Å². The summed E-state index contributed by atoms with van der Waals surface area (Å²) >= 11 is 9.04. The lowest BCUT2D eigenvalue weighted by atomic mass is 10.2. The van der Waals surface area contributed by atoms with Crippen LogP contribution < -0.4 is 16.0 Å². The quantitative estimate of drug-likeness (QED) is 0.536. The van der Waals surface area contributed by atoms with Crippen molar-refractivity contribution in [3.8, 4) is 0 Å². The third-order valence-corrected chi connectivity index (χ3v) is 4.68. The van der Waals surface area contributed by atoms with E-state index in [0.717, 1.165) is 5.56 Å². The maximum atomic E-state index is 12.3. The van der Waals surface area contributed by atoms with Crippen LogP contribution in [0.15, 0.2) is 45.9 Å². The first-order valence-corrected chi connectivity index (χ1v) is 8.44. The van der Waals surface area contributed by atoms with Crippen molar-refractivity contribution >= 4 is 43.4 Å². The number of pyridine rings is 1. The van der Waals surface area contributed by atoms with E-state index >= 15 is 0 Å². The molecule has 0 radical (unpaired) electrons. The second-order valence-corrected chi connectivity index (χ2v) is 7.19. The molecule has 1 aromatic heterocycles. The van der Waals surface area contributed by atoms with Gasteiger partial charge in [-0.15, -0.1) is 0 Å². The fourth-order valence-corrected chi connectivity index (χ4v) is 3.49. The zero-order valence-corrected chi connectivity index (χ0v) is 13.8. The highest BCUT2D eigenvalue weighted by molar-refractivity contribution is 9.10. The van der Waals surface area contributed by atoms with Crippen LogP contribution in [-0.4, -0.2) is 13.4 Å². The molecule has 0 spiro atoms. The Labute approximate surface area is 135 Å². The molecule has 2 rings (SSSR count). The van der Waals surface area contributed by atoms with Crippen LogP contribution >= 0.6 is 27.5 Å². The number of nitrogens with zero attached hydrogens (tertiary/aromatic N) is 1. The number of halogens is 2. The van der Waals surface area contributed by atoms with E-state index in [4.69, 9.17) is 17.4 Å². The van der Waals surface area contributed by atoms with E-state index in [1.807, 2.05) is 0 Å². The van der Waals surface area contributed by atoms with Crippen LogP contribution in [-0.2, 0) is 16.6 Å². The smallest absolute Gasteiger partial charge is 0.244 e. The fourth-order valence-electron chi connectivity index (χ4n) is 1.64. The summed E-state index contributed by atoms with van der Waals surface area (Å²) in [4.78, 5) is 3.87. The van der Waals surface area contributed by atoms with Gasteiger partial charge in [-0.1, -0.05) is 23.7 Å². The number of hydrogen-bond donors (Lipinski definition) is 3. The number of rotatable bonds is 5. The molecule has 0 unspecified atom stereocenters. The minimum atomic E-state index is -3.76. The predicted octanol–water partition coefficient (Wildman–Crippen LogP) is 2.26. The number of nitrogens with one attached hydrogen (secondary N) is 2. The summed E-state index contributed by atoms with van der Waals surface area (Å²) in [5.41, 5.74) is 3.01. The van der Waals surface area contributed by atoms with Crippen molar-refractivity contribution in [2.75, 3.05) is 5.43 Å². The molecule has 0 aliphatic heterocycles. The summed E-state index contributed by atoms with van der Waals surface area (Å²) in [5.74, 6) is 5.35.